The maximum Gasteiger partial charge on any atom is 0.468 e. The average Bonchev–Trinajstić information content (AvgIpc) is 3.82. The van der Waals surface area contributed by atoms with Crippen LogP contribution in [-0.2, 0) is 25.2 Å². The van der Waals surface area contributed by atoms with Crippen molar-refractivity contribution in [2.75, 3.05) is 16.4 Å². The molecule has 6 rings (SSSR count). The first kappa shape index (κ1) is 48.6. The summed E-state index contributed by atoms with van der Waals surface area (Å²) >= 11 is 14.4. The second kappa shape index (κ2) is 21.5. The number of amides is 1. The number of rotatable bonds is 7. The summed E-state index contributed by atoms with van der Waals surface area (Å²) in [6.07, 6.45) is -6.31. The highest BCUT2D eigenvalue weighted by atomic mass is 35.5. The summed E-state index contributed by atoms with van der Waals surface area (Å²) in [6, 6.07) is 11.8. The van der Waals surface area contributed by atoms with Crippen molar-refractivity contribution < 1.29 is 62.3 Å². The Bertz CT molecular complexity index is 2330. The monoisotopic (exact) mass is 914 g/mol. The van der Waals surface area contributed by atoms with E-state index in [-0.39, 0.29) is 51.9 Å². The van der Waals surface area contributed by atoms with Crippen molar-refractivity contribution in [3.05, 3.63) is 131 Å². The molecule has 23 heteroatoms. The molecule has 0 spiro atoms. The summed E-state index contributed by atoms with van der Waals surface area (Å²) in [7, 11) is 0. The number of oxazole rings is 2. The van der Waals surface area contributed by atoms with E-state index in [0.717, 1.165) is 36.4 Å². The van der Waals surface area contributed by atoms with Crippen LogP contribution in [0.25, 0.3) is 22.5 Å². The highest BCUT2D eigenvalue weighted by Gasteiger charge is 2.39. The topological polar surface area (TPSA) is 150 Å². The van der Waals surface area contributed by atoms with Gasteiger partial charge in [-0.3, -0.25) is 9.59 Å². The van der Waals surface area contributed by atoms with E-state index < -0.39 is 69.7 Å². The molecule has 0 saturated carbocycles. The van der Waals surface area contributed by atoms with Gasteiger partial charge in [0, 0.05) is 36.4 Å². The molecule has 0 unspecified atom stereocenters. The van der Waals surface area contributed by atoms with Crippen LogP contribution in [0.15, 0.2) is 81.9 Å². The lowest BCUT2D eigenvalue weighted by Gasteiger charge is -2.07. The van der Waals surface area contributed by atoms with Crippen molar-refractivity contribution in [3.8, 4) is 22.5 Å². The average molecular weight is 916 g/mol. The van der Waals surface area contributed by atoms with Gasteiger partial charge in [-0.2, -0.15) is 26.3 Å². The number of aromatic nitrogens is 4. The van der Waals surface area contributed by atoms with Gasteiger partial charge in [0.25, 0.3) is 11.1 Å². The quantitative estimate of drug-likeness (QED) is 0.0906. The van der Waals surface area contributed by atoms with Crippen molar-refractivity contribution in [2.45, 2.75) is 39.0 Å². The molecule has 0 aliphatic rings. The third-order valence-corrected chi connectivity index (χ3v) is 7.40. The number of anilines is 2. The summed E-state index contributed by atoms with van der Waals surface area (Å²) in [4.78, 5) is 37.1. The Morgan fingerprint density at radius 2 is 1.07 bits per heavy atom. The van der Waals surface area contributed by atoms with E-state index in [1.165, 1.54) is 30.6 Å². The number of carbonyl (C=O) groups is 2. The van der Waals surface area contributed by atoms with Crippen LogP contribution < -0.4 is 11.1 Å². The maximum absolute atomic E-state index is 13.6. The molecule has 6 aromatic rings. The Balaban J connectivity index is 0.000000256. The molecule has 0 aliphatic carbocycles. The fraction of sp³-hybridized carbons (Fsp3) is 0.189. The molecular formula is C37H27Cl3F10N6O4. The minimum atomic E-state index is -4.73. The van der Waals surface area contributed by atoms with Crippen molar-refractivity contribution in [1.29, 1.82) is 0 Å². The standard InChI is InChI=1S/C18H12F5N3O2.C11H10F3N3O.C7H3ClF2O.CH2Cl2/c1-2-12-15(26-17(28-12)18(21,22)23)9-6-7-13(24-8-9)25-16(27)14-10(19)4-3-5-11(14)20;1-2-7-9(6-3-4-8(15)16-5-6)17-10(18-7)11(12,13)14;8-7(11)6-4(9)2-1-3-5(6)10;2-1-3/h3-8H,2H2,1H3,(H,24,25,27);3-5H,2H2,1H3,(H2,15,16);1-3H;1H2. The molecule has 60 heavy (non-hydrogen) atoms. The number of nitrogens with zero attached hydrogens (tertiary/aromatic N) is 4. The third-order valence-electron chi connectivity index (χ3n) is 7.21. The zero-order valence-electron chi connectivity index (χ0n) is 30.5. The number of alkyl halides is 8. The van der Waals surface area contributed by atoms with E-state index in [2.05, 4.69) is 25.3 Å². The predicted octanol–water partition coefficient (Wildman–Crippen LogP) is 11.5. The lowest BCUT2D eigenvalue weighted by atomic mass is 10.1. The summed E-state index contributed by atoms with van der Waals surface area (Å²) < 4.78 is 138. The summed E-state index contributed by atoms with van der Waals surface area (Å²) in [5, 5.41) is 1.29. The minimum Gasteiger partial charge on any atom is -0.437 e. The molecule has 0 radical (unpaired) electrons. The SMILES string of the molecule is CCc1oc(C(F)(F)F)nc1-c1ccc(N)nc1.CCc1oc(C(F)(F)F)nc1-c1ccc(NC(=O)c2c(F)cccc2F)nc1.ClCCl.O=C(Cl)c1c(F)cccc1F. The third kappa shape index (κ3) is 13.1. The van der Waals surface area contributed by atoms with E-state index in [0.29, 0.717) is 12.0 Å². The lowest BCUT2D eigenvalue weighted by Crippen LogP contribution is -2.16. The molecule has 3 N–H and O–H groups in total. The van der Waals surface area contributed by atoms with Gasteiger partial charge in [0.15, 0.2) is 0 Å². The number of halogens is 13. The lowest BCUT2D eigenvalue weighted by molar-refractivity contribution is -0.158. The summed E-state index contributed by atoms with van der Waals surface area (Å²) in [5.74, 6) is -7.18. The van der Waals surface area contributed by atoms with Gasteiger partial charge >= 0.3 is 24.1 Å². The second-order valence-corrected chi connectivity index (χ2v) is 12.4. The van der Waals surface area contributed by atoms with Gasteiger partial charge in [-0.15, -0.1) is 23.2 Å². The summed E-state index contributed by atoms with van der Waals surface area (Å²) in [5.41, 5.74) is 4.74. The number of hydrogen-bond donors (Lipinski definition) is 2. The van der Waals surface area contributed by atoms with Crippen LogP contribution >= 0.6 is 34.8 Å². The van der Waals surface area contributed by atoms with E-state index in [9.17, 15) is 53.5 Å². The molecule has 4 heterocycles. The van der Waals surface area contributed by atoms with Gasteiger partial charge < -0.3 is 19.9 Å². The van der Waals surface area contributed by atoms with Gasteiger partial charge in [-0.1, -0.05) is 26.0 Å². The molecule has 10 nitrogen and oxygen atoms in total. The Hall–Kier alpha value is -5.73. The van der Waals surface area contributed by atoms with E-state index in [1.807, 2.05) is 0 Å². The first-order valence-corrected chi connectivity index (χ1v) is 17.9. The number of aryl methyl sites for hydroxylation is 2. The van der Waals surface area contributed by atoms with Gasteiger partial charge in [0.05, 0.1) is 5.34 Å². The Labute approximate surface area is 347 Å². The van der Waals surface area contributed by atoms with Crippen LogP contribution in [0.2, 0.25) is 0 Å². The molecule has 1 amide bonds. The number of hydrogen-bond acceptors (Lipinski definition) is 9. The van der Waals surface area contributed by atoms with E-state index in [4.69, 9.17) is 49.4 Å². The summed E-state index contributed by atoms with van der Waals surface area (Å²) in [6.45, 7) is 3.30. The number of nitrogens with one attached hydrogen (secondary N) is 1. The first-order chi connectivity index (χ1) is 28.2. The van der Waals surface area contributed by atoms with Crippen LogP contribution in [0.5, 0.6) is 0 Å². The number of carbonyl (C=O) groups excluding carboxylic acids is 2. The van der Waals surface area contributed by atoms with Gasteiger partial charge in [-0.05, 0) is 60.1 Å². The Morgan fingerprint density at radius 1 is 0.667 bits per heavy atom. The molecule has 0 bridgehead atoms. The molecule has 0 fully saturated rings. The maximum atomic E-state index is 13.6. The molecule has 0 atom stereocenters. The molecule has 0 saturated heterocycles. The molecule has 4 aromatic heterocycles. The van der Waals surface area contributed by atoms with Crippen molar-refractivity contribution >= 4 is 57.6 Å². The van der Waals surface area contributed by atoms with Gasteiger partial charge in [-0.25, -0.2) is 37.5 Å². The van der Waals surface area contributed by atoms with Crippen LogP contribution in [0.4, 0.5) is 55.5 Å². The zero-order chi connectivity index (χ0) is 44.9. The fourth-order valence-corrected chi connectivity index (χ4v) is 4.79. The van der Waals surface area contributed by atoms with Crippen LogP contribution in [0.1, 0.15) is 57.9 Å². The van der Waals surface area contributed by atoms with Gasteiger partial charge in [0.2, 0.25) is 0 Å². The number of benzene rings is 2. The van der Waals surface area contributed by atoms with E-state index in [1.54, 1.807) is 19.9 Å². The Kier molecular flexibility index (Phi) is 17.4. The van der Waals surface area contributed by atoms with Crippen molar-refractivity contribution in [3.63, 3.8) is 0 Å². The van der Waals surface area contributed by atoms with E-state index >= 15 is 0 Å². The minimum absolute atomic E-state index is 0.0272. The van der Waals surface area contributed by atoms with Gasteiger partial charge in [0.1, 0.15) is 68.9 Å². The highest BCUT2D eigenvalue weighted by molar-refractivity contribution is 6.67. The molecule has 0 aliphatic heterocycles. The largest absolute Gasteiger partial charge is 0.468 e. The molecule has 2 aromatic carbocycles. The van der Waals surface area contributed by atoms with Crippen LogP contribution in [-0.4, -0.2) is 36.4 Å². The molecular weight excluding hydrogens is 889 g/mol. The second-order valence-electron chi connectivity index (χ2n) is 11.2. The normalized spacial score (nSPS) is 11.0. The highest BCUT2D eigenvalue weighted by Crippen LogP contribution is 2.35. The van der Waals surface area contributed by atoms with Crippen LogP contribution in [0, 0.1) is 23.3 Å². The zero-order valence-corrected chi connectivity index (χ0v) is 32.7. The van der Waals surface area contributed by atoms with Crippen LogP contribution in [0.3, 0.4) is 0 Å². The number of nitrogens with two attached hydrogens (primary N) is 1. The molecule has 320 valence electrons. The Morgan fingerprint density at radius 3 is 1.38 bits per heavy atom. The number of pyridine rings is 2. The van der Waals surface area contributed by atoms with Crippen molar-refractivity contribution in [2.24, 2.45) is 0 Å². The number of nitrogen functional groups attached to an aromatic ring is 1. The smallest absolute Gasteiger partial charge is 0.437 e. The fourth-order valence-electron chi connectivity index (χ4n) is 4.61. The predicted molar refractivity (Wildman–Crippen MR) is 200 cm³/mol. The van der Waals surface area contributed by atoms with Crippen molar-refractivity contribution in [1.82, 2.24) is 19.9 Å². The first-order valence-electron chi connectivity index (χ1n) is 16.5.